The third-order valence-corrected chi connectivity index (χ3v) is 6.01. The zero-order valence-corrected chi connectivity index (χ0v) is 15.0. The molecule has 1 N–H and O–H groups in total. The van der Waals surface area contributed by atoms with Crippen LogP contribution in [0.2, 0.25) is 0 Å². The van der Waals surface area contributed by atoms with Crippen molar-refractivity contribution in [3.63, 3.8) is 0 Å². The summed E-state index contributed by atoms with van der Waals surface area (Å²) in [6, 6.07) is 19.1. The quantitative estimate of drug-likeness (QED) is 0.860. The molecule has 2 heterocycles. The Balaban J connectivity index is 1.61. The van der Waals surface area contributed by atoms with Crippen LogP contribution in [0.4, 0.5) is 0 Å². The first-order chi connectivity index (χ1) is 12.6. The van der Waals surface area contributed by atoms with Gasteiger partial charge in [0, 0.05) is 12.1 Å². The molecule has 2 bridgehead atoms. The molecule has 0 amide bonds. The minimum absolute atomic E-state index is 0.129. The first-order valence-electron chi connectivity index (χ1n) is 9.35. The lowest BCUT2D eigenvalue weighted by Crippen LogP contribution is -2.46. The molecular formula is C22H25NO3. The average Bonchev–Trinajstić information content (AvgIpc) is 2.89. The van der Waals surface area contributed by atoms with E-state index >= 15 is 0 Å². The summed E-state index contributed by atoms with van der Waals surface area (Å²) < 4.78 is 5.88. The number of ether oxygens (including phenoxy) is 1. The third-order valence-electron chi connectivity index (χ3n) is 6.01. The van der Waals surface area contributed by atoms with Crippen LogP contribution in [0, 0.1) is 0 Å². The van der Waals surface area contributed by atoms with Crippen LogP contribution in [-0.4, -0.2) is 41.2 Å². The van der Waals surface area contributed by atoms with Crippen LogP contribution in [0.1, 0.15) is 36.8 Å². The van der Waals surface area contributed by atoms with Gasteiger partial charge >= 0.3 is 5.97 Å². The second-order valence-corrected chi connectivity index (χ2v) is 7.49. The molecular weight excluding hydrogens is 326 g/mol. The monoisotopic (exact) mass is 351 g/mol. The summed E-state index contributed by atoms with van der Waals surface area (Å²) in [5.41, 5.74) is -0.718. The van der Waals surface area contributed by atoms with Crippen LogP contribution in [0.5, 0.6) is 0 Å². The fourth-order valence-electron chi connectivity index (χ4n) is 4.46. The maximum Gasteiger partial charge on any atom is 0.347 e. The molecule has 2 fully saturated rings. The largest absolute Gasteiger partial charge is 0.460 e. The van der Waals surface area contributed by atoms with E-state index in [0.717, 1.165) is 25.7 Å². The highest BCUT2D eigenvalue weighted by Crippen LogP contribution is 2.37. The number of carbonyl (C=O) groups is 1. The highest BCUT2D eigenvalue weighted by molar-refractivity contribution is 5.85. The number of benzene rings is 2. The highest BCUT2D eigenvalue weighted by Gasteiger charge is 2.45. The number of esters is 1. The number of aliphatic hydroxyl groups is 1. The summed E-state index contributed by atoms with van der Waals surface area (Å²) in [5, 5.41) is 11.5. The van der Waals surface area contributed by atoms with Crippen molar-refractivity contribution in [3.05, 3.63) is 71.8 Å². The topological polar surface area (TPSA) is 49.8 Å². The maximum absolute atomic E-state index is 13.2. The van der Waals surface area contributed by atoms with Gasteiger partial charge in [-0.15, -0.1) is 0 Å². The molecule has 4 heteroatoms. The maximum atomic E-state index is 13.2. The summed E-state index contributed by atoms with van der Waals surface area (Å²) in [6.45, 7) is 0. The molecule has 0 aromatic heterocycles. The van der Waals surface area contributed by atoms with E-state index < -0.39 is 11.6 Å². The molecule has 2 saturated heterocycles. The van der Waals surface area contributed by atoms with E-state index in [4.69, 9.17) is 4.74 Å². The fourth-order valence-corrected chi connectivity index (χ4v) is 4.46. The summed E-state index contributed by atoms with van der Waals surface area (Å²) in [5.74, 6) is -0.580. The van der Waals surface area contributed by atoms with E-state index in [1.807, 2.05) is 36.4 Å². The second-order valence-electron chi connectivity index (χ2n) is 7.49. The zero-order chi connectivity index (χ0) is 18.1. The molecule has 0 aliphatic carbocycles. The number of hydrogen-bond acceptors (Lipinski definition) is 4. The highest BCUT2D eigenvalue weighted by atomic mass is 16.6. The van der Waals surface area contributed by atoms with Crippen LogP contribution in [-0.2, 0) is 15.1 Å². The van der Waals surface area contributed by atoms with Crippen molar-refractivity contribution in [2.75, 3.05) is 7.05 Å². The number of nitrogens with zero attached hydrogens (tertiary/aromatic N) is 1. The molecule has 0 saturated carbocycles. The molecule has 0 unspecified atom stereocenters. The summed E-state index contributed by atoms with van der Waals surface area (Å²) in [7, 11) is 2.16. The first-order valence-corrected chi connectivity index (χ1v) is 9.35. The lowest BCUT2D eigenvalue weighted by molar-refractivity contribution is -0.171. The van der Waals surface area contributed by atoms with Gasteiger partial charge in [0.15, 0.2) is 0 Å². The Morgan fingerprint density at radius 3 is 1.88 bits per heavy atom. The molecule has 0 radical (unpaired) electrons. The second kappa shape index (κ2) is 6.86. The number of carbonyl (C=O) groups excluding carboxylic acids is 1. The molecule has 2 aromatic rings. The van der Waals surface area contributed by atoms with Crippen LogP contribution in [0.25, 0.3) is 0 Å². The van der Waals surface area contributed by atoms with Crippen LogP contribution in [0.3, 0.4) is 0 Å². The van der Waals surface area contributed by atoms with Gasteiger partial charge in [-0.3, -0.25) is 0 Å². The molecule has 136 valence electrons. The van der Waals surface area contributed by atoms with Crippen molar-refractivity contribution < 1.29 is 14.6 Å². The van der Waals surface area contributed by atoms with Gasteiger partial charge in [0.2, 0.25) is 5.60 Å². The molecule has 2 aliphatic heterocycles. The van der Waals surface area contributed by atoms with Crippen LogP contribution < -0.4 is 0 Å². The molecule has 2 aromatic carbocycles. The van der Waals surface area contributed by atoms with Crippen molar-refractivity contribution in [2.45, 2.75) is 49.5 Å². The molecule has 3 atom stereocenters. The van der Waals surface area contributed by atoms with Gasteiger partial charge in [-0.05, 0) is 43.9 Å². The number of fused-ring (bicyclic) bond motifs is 2. The van der Waals surface area contributed by atoms with Crippen molar-refractivity contribution in [3.8, 4) is 0 Å². The van der Waals surface area contributed by atoms with E-state index in [1.54, 1.807) is 24.3 Å². The smallest absolute Gasteiger partial charge is 0.347 e. The Hall–Kier alpha value is -2.17. The lowest BCUT2D eigenvalue weighted by Gasteiger charge is -2.37. The molecule has 26 heavy (non-hydrogen) atoms. The zero-order valence-electron chi connectivity index (χ0n) is 15.0. The van der Waals surface area contributed by atoms with Gasteiger partial charge in [-0.2, -0.15) is 0 Å². The summed E-state index contributed by atoms with van der Waals surface area (Å²) >= 11 is 0. The van der Waals surface area contributed by atoms with E-state index in [-0.39, 0.29) is 6.10 Å². The summed E-state index contributed by atoms with van der Waals surface area (Å²) in [4.78, 5) is 15.6. The molecule has 0 spiro atoms. The standard InChI is InChI=1S/C22H25NO3/c1-23-18-12-13-19(23)15-20(14-18)26-21(24)22(25,16-8-4-2-5-9-16)17-10-6-3-7-11-17/h2-11,18-20,25H,12-15H2,1H3/t18-,19+,20+. The van der Waals surface area contributed by atoms with E-state index in [9.17, 15) is 9.90 Å². The summed E-state index contributed by atoms with van der Waals surface area (Å²) in [6.07, 6.45) is 3.89. The molecule has 4 nitrogen and oxygen atoms in total. The van der Waals surface area contributed by atoms with Gasteiger partial charge in [0.1, 0.15) is 6.10 Å². The van der Waals surface area contributed by atoms with Crippen molar-refractivity contribution in [1.29, 1.82) is 0 Å². The predicted octanol–water partition coefficient (Wildman–Crippen LogP) is 3.09. The Labute approximate surface area is 154 Å². The van der Waals surface area contributed by atoms with Gasteiger partial charge in [0.25, 0.3) is 0 Å². The van der Waals surface area contributed by atoms with Gasteiger partial charge in [-0.1, -0.05) is 60.7 Å². The van der Waals surface area contributed by atoms with Crippen molar-refractivity contribution >= 4 is 5.97 Å². The Kier molecular flexibility index (Phi) is 4.55. The number of rotatable bonds is 4. The van der Waals surface area contributed by atoms with Crippen LogP contribution in [0.15, 0.2) is 60.7 Å². The minimum Gasteiger partial charge on any atom is -0.460 e. The van der Waals surface area contributed by atoms with E-state index in [2.05, 4.69) is 11.9 Å². The Bertz CT molecular complexity index is 708. The van der Waals surface area contributed by atoms with Gasteiger partial charge < -0.3 is 14.7 Å². The van der Waals surface area contributed by atoms with Gasteiger partial charge in [0.05, 0.1) is 0 Å². The van der Waals surface area contributed by atoms with Crippen molar-refractivity contribution in [2.24, 2.45) is 0 Å². The van der Waals surface area contributed by atoms with Crippen molar-refractivity contribution in [1.82, 2.24) is 4.90 Å². The SMILES string of the molecule is CN1[C@@H]2CC[C@H]1C[C@@H](OC(=O)C(O)(c1ccccc1)c1ccccc1)C2. The van der Waals surface area contributed by atoms with E-state index in [0.29, 0.717) is 23.2 Å². The first kappa shape index (κ1) is 17.3. The fraction of sp³-hybridized carbons (Fsp3) is 0.409. The molecule has 2 aliphatic rings. The van der Waals surface area contributed by atoms with Crippen LogP contribution >= 0.6 is 0 Å². The number of hydrogen-bond donors (Lipinski definition) is 1. The lowest BCUT2D eigenvalue weighted by atomic mass is 9.86. The van der Waals surface area contributed by atoms with E-state index in [1.165, 1.54) is 0 Å². The average molecular weight is 351 g/mol. The van der Waals surface area contributed by atoms with Gasteiger partial charge in [-0.25, -0.2) is 4.79 Å². The Morgan fingerprint density at radius 1 is 0.962 bits per heavy atom. The normalized spacial score (nSPS) is 25.8. The third kappa shape index (κ3) is 2.93. The number of piperidine rings is 1. The predicted molar refractivity (Wildman–Crippen MR) is 99.6 cm³/mol. The minimum atomic E-state index is -1.79. The Morgan fingerprint density at radius 2 is 1.42 bits per heavy atom. The molecule has 4 rings (SSSR count).